The van der Waals surface area contributed by atoms with Crippen LogP contribution in [0.2, 0.25) is 0 Å². The van der Waals surface area contributed by atoms with Crippen LogP contribution in [-0.4, -0.2) is 24.6 Å². The van der Waals surface area contributed by atoms with Crippen molar-refractivity contribution >= 4 is 11.9 Å². The Labute approximate surface area is 352 Å². The van der Waals surface area contributed by atoms with Gasteiger partial charge in [0.1, 0.15) is 0 Å². The zero-order chi connectivity index (χ0) is 40.7. The third-order valence-corrected chi connectivity index (χ3v) is 12.1. The summed E-state index contributed by atoms with van der Waals surface area (Å²) in [5, 5.41) is 0. The topological polar surface area (TPSA) is 52.6 Å². The predicted octanol–water partition coefficient (Wildman–Crippen LogP) is 18.1. The molecule has 0 fully saturated rings. The van der Waals surface area contributed by atoms with Gasteiger partial charge in [-0.25, -0.2) is 4.79 Å². The van der Waals surface area contributed by atoms with Gasteiger partial charge in [0.15, 0.2) is 6.10 Å². The van der Waals surface area contributed by atoms with Crippen molar-refractivity contribution in [3.63, 3.8) is 0 Å². The van der Waals surface area contributed by atoms with Gasteiger partial charge in [0.25, 0.3) is 0 Å². The number of hydrogen-bond donors (Lipinski definition) is 0. The van der Waals surface area contributed by atoms with Gasteiger partial charge < -0.3 is 9.47 Å². The van der Waals surface area contributed by atoms with Gasteiger partial charge in [0.2, 0.25) is 0 Å². The number of esters is 2. The Morgan fingerprint density at radius 1 is 0.321 bits per heavy atom. The molecule has 0 radical (unpaired) electrons. The fraction of sp³-hybridized carbons (Fsp3) is 0.962. The Bertz CT molecular complexity index is 766. The van der Waals surface area contributed by atoms with Crippen molar-refractivity contribution in [3.8, 4) is 0 Å². The molecule has 0 spiro atoms. The second-order valence-electron chi connectivity index (χ2n) is 17.8. The van der Waals surface area contributed by atoms with E-state index in [2.05, 4.69) is 20.8 Å². The summed E-state index contributed by atoms with van der Waals surface area (Å²) in [5.74, 6) is -0.539. The van der Waals surface area contributed by atoms with Gasteiger partial charge >= 0.3 is 11.9 Å². The van der Waals surface area contributed by atoms with E-state index in [0.29, 0.717) is 19.4 Å². The van der Waals surface area contributed by atoms with Gasteiger partial charge in [0.05, 0.1) is 6.61 Å². The highest BCUT2D eigenvalue weighted by atomic mass is 16.6. The lowest BCUT2D eigenvalue weighted by Gasteiger charge is -2.17. The molecule has 0 saturated heterocycles. The van der Waals surface area contributed by atoms with E-state index >= 15 is 0 Å². The van der Waals surface area contributed by atoms with Gasteiger partial charge in [0, 0.05) is 6.42 Å². The number of unbranched alkanes of at least 4 members (excludes halogenated alkanes) is 40. The molecule has 0 rings (SSSR count). The number of ether oxygens (including phenoxy) is 2. The maximum atomic E-state index is 13.1. The van der Waals surface area contributed by atoms with Gasteiger partial charge in [-0.15, -0.1) is 0 Å². The van der Waals surface area contributed by atoms with Crippen LogP contribution in [0.5, 0.6) is 0 Å². The Hall–Kier alpha value is -1.06. The average molecular weight is 791 g/mol. The van der Waals surface area contributed by atoms with Crippen molar-refractivity contribution in [2.75, 3.05) is 6.61 Å². The maximum absolute atomic E-state index is 13.1. The quantitative estimate of drug-likeness (QED) is 0.0455. The first kappa shape index (κ1) is 54.9. The van der Waals surface area contributed by atoms with E-state index in [1.165, 1.54) is 238 Å². The van der Waals surface area contributed by atoms with Gasteiger partial charge in [-0.05, 0) is 25.7 Å². The van der Waals surface area contributed by atoms with Crippen molar-refractivity contribution in [1.29, 1.82) is 0 Å². The Balaban J connectivity index is 4.19. The first-order chi connectivity index (χ1) is 27.7. The largest absolute Gasteiger partial charge is 0.463 e. The lowest BCUT2D eigenvalue weighted by molar-refractivity contribution is -0.168. The third kappa shape index (κ3) is 44.1. The molecule has 4 nitrogen and oxygen atoms in total. The number of hydrogen-bond acceptors (Lipinski definition) is 4. The minimum absolute atomic E-state index is 0.219. The molecule has 0 aliphatic heterocycles. The van der Waals surface area contributed by atoms with E-state index < -0.39 is 6.10 Å². The van der Waals surface area contributed by atoms with Crippen molar-refractivity contribution in [3.05, 3.63) is 0 Å². The molecule has 0 aromatic carbocycles. The van der Waals surface area contributed by atoms with Crippen LogP contribution < -0.4 is 0 Å². The first-order valence-electron chi connectivity index (χ1n) is 26.0. The van der Waals surface area contributed by atoms with Crippen molar-refractivity contribution in [2.24, 2.45) is 0 Å². The van der Waals surface area contributed by atoms with Crippen molar-refractivity contribution in [1.82, 2.24) is 0 Å². The first-order valence-corrected chi connectivity index (χ1v) is 26.0. The van der Waals surface area contributed by atoms with E-state index in [1.54, 1.807) is 0 Å². The summed E-state index contributed by atoms with van der Waals surface area (Å²) in [5.41, 5.74) is 0. The third-order valence-electron chi connectivity index (χ3n) is 12.1. The average Bonchev–Trinajstić information content (AvgIpc) is 3.20. The highest BCUT2D eigenvalue weighted by molar-refractivity contribution is 5.79. The molecule has 0 saturated carbocycles. The molecule has 334 valence electrons. The van der Waals surface area contributed by atoms with Gasteiger partial charge in [-0.2, -0.15) is 0 Å². The van der Waals surface area contributed by atoms with Crippen molar-refractivity contribution in [2.45, 2.75) is 316 Å². The summed E-state index contributed by atoms with van der Waals surface area (Å²) in [7, 11) is 0. The molecule has 1 atom stereocenters. The van der Waals surface area contributed by atoms with E-state index in [9.17, 15) is 9.59 Å². The molecular formula is C52H102O4. The van der Waals surface area contributed by atoms with Crippen LogP contribution in [0, 0.1) is 0 Å². The van der Waals surface area contributed by atoms with Crippen LogP contribution in [0.25, 0.3) is 0 Å². The van der Waals surface area contributed by atoms with Crippen LogP contribution in [-0.2, 0) is 19.1 Å². The highest BCUT2D eigenvalue weighted by Gasteiger charge is 2.24. The molecule has 4 heteroatoms. The monoisotopic (exact) mass is 791 g/mol. The van der Waals surface area contributed by atoms with E-state index in [0.717, 1.165) is 38.5 Å². The Morgan fingerprint density at radius 3 is 0.875 bits per heavy atom. The molecule has 0 N–H and O–H groups in total. The smallest absolute Gasteiger partial charge is 0.347 e. The normalized spacial score (nSPS) is 12.0. The SMILES string of the molecule is CCCCCCCCCCCCCCCCCC(=O)OC(CCCCCCCCCCCCCCCC)C(=O)OCCCCCCCCCCCCCCCC. The van der Waals surface area contributed by atoms with E-state index in [4.69, 9.17) is 9.47 Å². The number of carbonyl (C=O) groups is 2. The summed E-state index contributed by atoms with van der Waals surface area (Å²) in [6.45, 7) is 7.30. The number of rotatable bonds is 48. The minimum Gasteiger partial charge on any atom is -0.463 e. The second-order valence-corrected chi connectivity index (χ2v) is 17.8. The van der Waals surface area contributed by atoms with Crippen molar-refractivity contribution < 1.29 is 19.1 Å². The van der Waals surface area contributed by atoms with E-state index in [-0.39, 0.29) is 11.9 Å². The molecule has 0 amide bonds. The lowest BCUT2D eigenvalue weighted by Crippen LogP contribution is -2.29. The second kappa shape index (κ2) is 48.3. The Morgan fingerprint density at radius 2 is 0.571 bits per heavy atom. The van der Waals surface area contributed by atoms with Crippen LogP contribution in [0.4, 0.5) is 0 Å². The summed E-state index contributed by atoms with van der Waals surface area (Å²) < 4.78 is 11.5. The standard InChI is InChI=1S/C52H102O4/c1-4-7-10-13-16-19-22-25-28-30-33-36-39-42-45-48-51(53)56-50(47-44-41-38-35-32-29-26-23-20-17-14-11-8-5-2)52(54)55-49-46-43-40-37-34-31-27-24-21-18-15-12-9-6-3/h50H,4-49H2,1-3H3. The van der Waals surface area contributed by atoms with Crippen LogP contribution >= 0.6 is 0 Å². The van der Waals surface area contributed by atoms with Crippen LogP contribution in [0.3, 0.4) is 0 Å². The molecule has 0 aromatic heterocycles. The summed E-state index contributed by atoms with van der Waals surface area (Å²) >= 11 is 0. The van der Waals surface area contributed by atoms with E-state index in [1.807, 2.05) is 0 Å². The zero-order valence-electron chi connectivity index (χ0n) is 38.7. The van der Waals surface area contributed by atoms with Crippen LogP contribution in [0.15, 0.2) is 0 Å². The van der Waals surface area contributed by atoms with Crippen LogP contribution in [0.1, 0.15) is 310 Å². The molecule has 0 heterocycles. The fourth-order valence-corrected chi connectivity index (χ4v) is 8.17. The molecule has 0 aliphatic rings. The maximum Gasteiger partial charge on any atom is 0.347 e. The molecule has 56 heavy (non-hydrogen) atoms. The predicted molar refractivity (Wildman–Crippen MR) is 246 cm³/mol. The number of carbonyl (C=O) groups excluding carboxylic acids is 2. The minimum atomic E-state index is -0.734. The lowest BCUT2D eigenvalue weighted by atomic mass is 10.0. The highest BCUT2D eigenvalue weighted by Crippen LogP contribution is 2.18. The molecular weight excluding hydrogens is 689 g/mol. The fourth-order valence-electron chi connectivity index (χ4n) is 8.17. The molecule has 0 bridgehead atoms. The zero-order valence-corrected chi connectivity index (χ0v) is 38.7. The molecule has 0 aromatic rings. The summed E-state index contributed by atoms with van der Waals surface area (Å²) in [4.78, 5) is 25.9. The summed E-state index contributed by atoms with van der Waals surface area (Å²) in [6.07, 6.45) is 56.5. The molecule has 0 aliphatic carbocycles. The van der Waals surface area contributed by atoms with Gasteiger partial charge in [-0.3, -0.25) is 4.79 Å². The van der Waals surface area contributed by atoms with Gasteiger partial charge in [-0.1, -0.05) is 278 Å². The molecule has 1 unspecified atom stereocenters. The summed E-state index contributed by atoms with van der Waals surface area (Å²) in [6, 6.07) is 0. The Kier molecular flexibility index (Phi) is 47.4.